The van der Waals surface area contributed by atoms with E-state index >= 15 is 0 Å². The van der Waals surface area contributed by atoms with Crippen LogP contribution in [0.3, 0.4) is 0 Å². The van der Waals surface area contributed by atoms with Gasteiger partial charge in [-0.15, -0.1) is 4.40 Å². The topological polar surface area (TPSA) is 85.3 Å². The molecule has 0 aromatic carbocycles. The Kier molecular flexibility index (Phi) is 4.33. The fourth-order valence-electron chi connectivity index (χ4n) is 1.32. The SMILES string of the molecule is CCOC1=NS(=O)(=O)C(C(=O)N(C)C)=C1OCC. The molecular formula is C10H16N2O5S. The Bertz CT molecular complexity index is 504. The number of ether oxygens (including phenoxy) is 2. The first kappa shape index (κ1) is 14.5. The molecule has 8 heteroatoms. The van der Waals surface area contributed by atoms with Crippen LogP contribution < -0.4 is 0 Å². The lowest BCUT2D eigenvalue weighted by Gasteiger charge is -2.12. The number of nitrogens with zero attached hydrogens (tertiary/aromatic N) is 2. The minimum Gasteiger partial charge on any atom is -0.487 e. The van der Waals surface area contributed by atoms with Crippen molar-refractivity contribution < 1.29 is 22.7 Å². The van der Waals surface area contributed by atoms with E-state index in [-0.39, 0.29) is 24.9 Å². The molecule has 0 atom stereocenters. The fourth-order valence-corrected chi connectivity index (χ4v) is 2.55. The molecule has 1 heterocycles. The Morgan fingerprint density at radius 3 is 2.22 bits per heavy atom. The number of carbonyl (C=O) groups is 1. The maximum atomic E-state index is 11.9. The molecule has 1 aliphatic rings. The summed E-state index contributed by atoms with van der Waals surface area (Å²) in [5.41, 5.74) is 0. The zero-order chi connectivity index (χ0) is 13.9. The van der Waals surface area contributed by atoms with Crippen molar-refractivity contribution in [3.8, 4) is 0 Å². The smallest absolute Gasteiger partial charge is 0.295 e. The lowest BCUT2D eigenvalue weighted by molar-refractivity contribution is -0.124. The molecule has 0 unspecified atom stereocenters. The molecule has 18 heavy (non-hydrogen) atoms. The van der Waals surface area contributed by atoms with Gasteiger partial charge < -0.3 is 14.4 Å². The molecule has 0 aromatic heterocycles. The molecule has 0 saturated heterocycles. The molecule has 0 fully saturated rings. The molecule has 1 amide bonds. The van der Waals surface area contributed by atoms with Gasteiger partial charge >= 0.3 is 0 Å². The molecule has 1 aliphatic heterocycles. The van der Waals surface area contributed by atoms with Crippen molar-refractivity contribution in [3.05, 3.63) is 10.7 Å². The number of hydrogen-bond donors (Lipinski definition) is 0. The summed E-state index contributed by atoms with van der Waals surface area (Å²) in [7, 11) is -1.14. The standard InChI is InChI=1S/C10H16N2O5S/c1-5-16-7-8(10(13)12(3)4)18(14,15)11-9(7)17-6-2/h5-6H2,1-4H3. The van der Waals surface area contributed by atoms with E-state index in [1.807, 2.05) is 0 Å². The van der Waals surface area contributed by atoms with Gasteiger partial charge in [0.05, 0.1) is 13.2 Å². The Morgan fingerprint density at radius 1 is 1.22 bits per heavy atom. The summed E-state index contributed by atoms with van der Waals surface area (Å²) in [6.07, 6.45) is 0. The van der Waals surface area contributed by atoms with Gasteiger partial charge in [-0.3, -0.25) is 4.79 Å². The summed E-state index contributed by atoms with van der Waals surface area (Å²) < 4.78 is 37.3. The second kappa shape index (κ2) is 5.38. The average Bonchev–Trinajstić information content (AvgIpc) is 2.50. The van der Waals surface area contributed by atoms with E-state index in [0.29, 0.717) is 0 Å². The normalized spacial score (nSPS) is 17.4. The Hall–Kier alpha value is -1.57. The number of rotatable bonds is 4. The predicted molar refractivity (Wildman–Crippen MR) is 65.3 cm³/mol. The summed E-state index contributed by atoms with van der Waals surface area (Å²) in [6, 6.07) is 0. The lowest BCUT2D eigenvalue weighted by atomic mass is 10.4. The summed E-state index contributed by atoms with van der Waals surface area (Å²) in [5, 5.41) is 0. The molecule has 0 saturated carbocycles. The van der Waals surface area contributed by atoms with E-state index in [4.69, 9.17) is 9.47 Å². The molecule has 0 aromatic rings. The van der Waals surface area contributed by atoms with Crippen LogP contribution in [-0.2, 0) is 24.3 Å². The van der Waals surface area contributed by atoms with E-state index < -0.39 is 20.8 Å². The van der Waals surface area contributed by atoms with Gasteiger partial charge in [-0.1, -0.05) is 0 Å². The Morgan fingerprint density at radius 2 is 1.78 bits per heavy atom. The summed E-state index contributed by atoms with van der Waals surface area (Å²) in [6.45, 7) is 3.80. The van der Waals surface area contributed by atoms with E-state index in [1.165, 1.54) is 14.1 Å². The zero-order valence-electron chi connectivity index (χ0n) is 10.8. The van der Waals surface area contributed by atoms with Crippen LogP contribution in [0.1, 0.15) is 13.8 Å². The van der Waals surface area contributed by atoms with Crippen molar-refractivity contribution in [2.45, 2.75) is 13.8 Å². The van der Waals surface area contributed by atoms with Gasteiger partial charge in [0.2, 0.25) is 10.7 Å². The maximum absolute atomic E-state index is 11.9. The predicted octanol–water partition coefficient (Wildman–Crippen LogP) is 0.101. The highest BCUT2D eigenvalue weighted by atomic mass is 32.2. The van der Waals surface area contributed by atoms with Gasteiger partial charge in [0, 0.05) is 14.1 Å². The molecule has 0 radical (unpaired) electrons. The number of sulfonamides is 1. The molecule has 0 spiro atoms. The molecular weight excluding hydrogens is 260 g/mol. The first-order valence-electron chi connectivity index (χ1n) is 5.42. The van der Waals surface area contributed by atoms with E-state index in [0.717, 1.165) is 4.90 Å². The van der Waals surface area contributed by atoms with Gasteiger partial charge in [0.25, 0.3) is 21.8 Å². The molecule has 102 valence electrons. The number of likely N-dealkylation sites (N-methyl/N-ethyl adjacent to an activating group) is 1. The van der Waals surface area contributed by atoms with Gasteiger partial charge in [0.1, 0.15) is 0 Å². The van der Waals surface area contributed by atoms with Crippen LogP contribution in [0.4, 0.5) is 0 Å². The Labute approximate surface area is 106 Å². The van der Waals surface area contributed by atoms with Gasteiger partial charge in [-0.25, -0.2) is 0 Å². The first-order chi connectivity index (χ1) is 8.35. The third-order valence-electron chi connectivity index (χ3n) is 2.03. The van der Waals surface area contributed by atoms with Gasteiger partial charge in [-0.05, 0) is 13.8 Å². The summed E-state index contributed by atoms with van der Waals surface area (Å²) in [4.78, 5) is 12.6. The second-order valence-electron chi connectivity index (χ2n) is 3.60. The maximum Gasteiger partial charge on any atom is 0.295 e. The minimum absolute atomic E-state index is 0.113. The van der Waals surface area contributed by atoms with E-state index in [9.17, 15) is 13.2 Å². The van der Waals surface area contributed by atoms with Crippen LogP contribution in [0.25, 0.3) is 0 Å². The van der Waals surface area contributed by atoms with Crippen molar-refractivity contribution in [1.82, 2.24) is 4.90 Å². The van der Waals surface area contributed by atoms with Crippen LogP contribution in [0.5, 0.6) is 0 Å². The fraction of sp³-hybridized carbons (Fsp3) is 0.600. The van der Waals surface area contributed by atoms with Crippen molar-refractivity contribution in [2.24, 2.45) is 4.40 Å². The van der Waals surface area contributed by atoms with Crippen molar-refractivity contribution in [2.75, 3.05) is 27.3 Å². The van der Waals surface area contributed by atoms with E-state index in [2.05, 4.69) is 4.40 Å². The third kappa shape index (κ3) is 2.63. The molecule has 0 aliphatic carbocycles. The third-order valence-corrected chi connectivity index (χ3v) is 3.31. The highest BCUT2D eigenvalue weighted by Crippen LogP contribution is 2.26. The van der Waals surface area contributed by atoms with Crippen molar-refractivity contribution in [1.29, 1.82) is 0 Å². The number of amides is 1. The first-order valence-corrected chi connectivity index (χ1v) is 6.86. The minimum atomic E-state index is -4.05. The van der Waals surface area contributed by atoms with Crippen LogP contribution in [0.2, 0.25) is 0 Å². The average molecular weight is 276 g/mol. The van der Waals surface area contributed by atoms with Crippen molar-refractivity contribution >= 4 is 21.8 Å². The molecule has 0 N–H and O–H groups in total. The van der Waals surface area contributed by atoms with Crippen LogP contribution in [0.15, 0.2) is 15.1 Å². The summed E-state index contributed by atoms with van der Waals surface area (Å²) >= 11 is 0. The van der Waals surface area contributed by atoms with Crippen molar-refractivity contribution in [3.63, 3.8) is 0 Å². The monoisotopic (exact) mass is 276 g/mol. The molecule has 0 bridgehead atoms. The second-order valence-corrected chi connectivity index (χ2v) is 5.14. The number of carbonyl (C=O) groups excluding carboxylic acids is 1. The van der Waals surface area contributed by atoms with Gasteiger partial charge in [-0.2, -0.15) is 8.42 Å². The Balaban J connectivity index is 3.34. The highest BCUT2D eigenvalue weighted by molar-refractivity contribution is 7.95. The summed E-state index contributed by atoms with van der Waals surface area (Å²) in [5.74, 6) is -0.959. The van der Waals surface area contributed by atoms with Crippen LogP contribution in [0, 0.1) is 0 Å². The lowest BCUT2D eigenvalue weighted by Crippen LogP contribution is -2.27. The largest absolute Gasteiger partial charge is 0.487 e. The van der Waals surface area contributed by atoms with Crippen LogP contribution >= 0.6 is 0 Å². The van der Waals surface area contributed by atoms with E-state index in [1.54, 1.807) is 13.8 Å². The highest BCUT2D eigenvalue weighted by Gasteiger charge is 2.40. The zero-order valence-corrected chi connectivity index (χ0v) is 11.6. The molecule has 1 rings (SSSR count). The quantitative estimate of drug-likeness (QED) is 0.727. The van der Waals surface area contributed by atoms with Gasteiger partial charge in [0.15, 0.2) is 0 Å². The number of hydrogen-bond acceptors (Lipinski definition) is 5. The molecule has 7 nitrogen and oxygen atoms in total. The van der Waals surface area contributed by atoms with Crippen LogP contribution in [-0.4, -0.2) is 52.4 Å².